The Morgan fingerprint density at radius 2 is 1.51 bits per heavy atom. The number of amides is 3. The lowest BCUT2D eigenvalue weighted by Crippen LogP contribution is -2.44. The second-order valence-electron chi connectivity index (χ2n) is 16.5. The number of aromatic amines is 1. The van der Waals surface area contributed by atoms with Gasteiger partial charge in [0.2, 0.25) is 17.2 Å². The van der Waals surface area contributed by atoms with Gasteiger partial charge in [0.1, 0.15) is 40.6 Å². The highest BCUT2D eigenvalue weighted by atomic mass is 32.2. The summed E-state index contributed by atoms with van der Waals surface area (Å²) < 4.78 is 82.4. The average Bonchev–Trinajstić information content (AvgIpc) is 3.35. The molecule has 27 heteroatoms. The van der Waals surface area contributed by atoms with Crippen molar-refractivity contribution in [2.24, 2.45) is 0 Å². The van der Waals surface area contributed by atoms with Crippen molar-refractivity contribution < 1.29 is 75.6 Å². The number of H-pyrrole nitrogens is 1. The number of fused-ring (bicyclic) bond motifs is 3. The first-order chi connectivity index (χ1) is 35.6. The number of hydrogen-bond acceptors (Lipinski definition) is 15. The number of phenolic OH excluding ortho intramolecular Hbond substituents is 1. The smallest absolute Gasteiger partial charge is 0.339 e. The number of aryl methyl sites for hydroxylation is 1. The Balaban J connectivity index is 0.899. The Kier molecular flexibility index (Phi) is 16.4. The average molecular weight is 1060 g/mol. The first kappa shape index (κ1) is 53.8. The lowest BCUT2D eigenvalue weighted by Gasteiger charge is -2.20. The number of phenols is 1. The van der Waals surface area contributed by atoms with Crippen LogP contribution in [0.15, 0.2) is 73.6 Å². The highest BCUT2D eigenvalue weighted by molar-refractivity contribution is 8.00. The molecule has 2 unspecified atom stereocenters. The molecule has 390 valence electrons. The van der Waals surface area contributed by atoms with Crippen molar-refractivity contribution in [3.8, 4) is 28.2 Å². The largest absolute Gasteiger partial charge is 0.505 e. The topological polar surface area (TPSA) is 333 Å². The van der Waals surface area contributed by atoms with E-state index in [1.54, 1.807) is 6.92 Å². The third-order valence-corrected chi connectivity index (χ3v) is 12.3. The third-order valence-electron chi connectivity index (χ3n) is 11.3. The number of rotatable bonds is 21. The summed E-state index contributed by atoms with van der Waals surface area (Å²) in [5.74, 6) is -18.4. The van der Waals surface area contributed by atoms with Crippen LogP contribution >= 0.6 is 11.8 Å². The number of aliphatic carboxylic acids is 2. The maximum absolute atomic E-state index is 16.5. The van der Waals surface area contributed by atoms with Crippen molar-refractivity contribution in [2.45, 2.75) is 62.6 Å². The van der Waals surface area contributed by atoms with Crippen molar-refractivity contribution in [3.63, 3.8) is 0 Å². The Morgan fingerprint density at radius 1 is 0.800 bits per heavy atom. The van der Waals surface area contributed by atoms with Gasteiger partial charge in [-0.25, -0.2) is 51.3 Å². The summed E-state index contributed by atoms with van der Waals surface area (Å²) in [6, 6.07) is 5.13. The van der Waals surface area contributed by atoms with Crippen LogP contribution in [-0.2, 0) is 25.7 Å². The summed E-state index contributed by atoms with van der Waals surface area (Å²) in [7, 11) is 0. The number of carboxylic acid groups (broad SMARTS) is 3. The molecule has 0 bridgehead atoms. The fraction of sp³-hybridized carbons (Fsp3) is 0.229. The zero-order chi connectivity index (χ0) is 54.4. The van der Waals surface area contributed by atoms with Gasteiger partial charge in [0.15, 0.2) is 40.2 Å². The predicted octanol–water partition coefficient (Wildman–Crippen LogP) is 5.22. The van der Waals surface area contributed by atoms with Crippen LogP contribution in [0.4, 0.5) is 27.6 Å². The van der Waals surface area contributed by atoms with Crippen LogP contribution in [0.25, 0.3) is 44.6 Å². The summed E-state index contributed by atoms with van der Waals surface area (Å²) in [6.45, 7) is 1.61. The van der Waals surface area contributed by atoms with E-state index in [-0.39, 0.29) is 60.8 Å². The first-order valence-electron chi connectivity index (χ1n) is 22.2. The third kappa shape index (κ3) is 12.3. The first-order valence-corrected chi connectivity index (χ1v) is 23.1. The number of aromatic carboxylic acids is 1. The van der Waals surface area contributed by atoms with Crippen LogP contribution in [0.1, 0.15) is 64.3 Å². The van der Waals surface area contributed by atoms with E-state index in [1.807, 2.05) is 0 Å². The number of thioether (sulfide) groups is 1. The number of unbranched alkanes of at least 4 members (excludes halogenated alkanes) is 1. The molecule has 1 aliphatic heterocycles. The number of aromatic nitrogens is 4. The summed E-state index contributed by atoms with van der Waals surface area (Å²) in [5.41, 5.74) is -5.10. The molecule has 2 atom stereocenters. The Labute approximate surface area is 421 Å². The Bertz CT molecular complexity index is 3540. The fourth-order valence-electron chi connectivity index (χ4n) is 7.64. The lowest BCUT2D eigenvalue weighted by molar-refractivity contribution is -0.142. The zero-order valence-corrected chi connectivity index (χ0v) is 39.4. The monoisotopic (exact) mass is 1060 g/mol. The van der Waals surface area contributed by atoms with E-state index in [9.17, 15) is 67.6 Å². The fourth-order valence-corrected chi connectivity index (χ4v) is 8.46. The molecule has 7 rings (SSSR count). The molecule has 9 N–H and O–H groups in total. The number of carboxylic acids is 3. The minimum atomic E-state index is -2.22. The maximum Gasteiger partial charge on any atom is 0.339 e. The van der Waals surface area contributed by atoms with E-state index < -0.39 is 156 Å². The van der Waals surface area contributed by atoms with Crippen molar-refractivity contribution >= 4 is 75.2 Å². The molecule has 2 aromatic heterocycles. The van der Waals surface area contributed by atoms with Gasteiger partial charge < -0.3 is 51.1 Å². The van der Waals surface area contributed by atoms with E-state index in [2.05, 4.69) is 41.2 Å². The lowest BCUT2D eigenvalue weighted by atomic mass is 9.89. The minimum Gasteiger partial charge on any atom is -0.505 e. The number of halogens is 5. The van der Waals surface area contributed by atoms with E-state index in [4.69, 9.17) is 4.42 Å². The molecule has 75 heavy (non-hydrogen) atoms. The SMILES string of the molecule is Cc1nc2ncc(CNc3ccc(C(=O)NC(CCC(=O)NC(CCCCNC(=O)CSc4c(F)c(F)c(C(=O)O)c(-c5c6cc(F)c(=O)cc-6oc6cc(O)c(F)cc56)c4F)C(=O)O)C(=O)O)cc3)nc2c(=O)[nH]1. The number of aromatic hydroxyl groups is 1. The van der Waals surface area contributed by atoms with Gasteiger partial charge in [-0.3, -0.25) is 24.0 Å². The van der Waals surface area contributed by atoms with Crippen LogP contribution in [0.5, 0.6) is 5.75 Å². The van der Waals surface area contributed by atoms with Crippen LogP contribution < -0.4 is 32.3 Å². The van der Waals surface area contributed by atoms with E-state index in [0.717, 1.165) is 0 Å². The number of nitrogens with zero attached hydrogens (tertiary/aromatic N) is 3. The second kappa shape index (κ2) is 22.8. The van der Waals surface area contributed by atoms with E-state index in [1.165, 1.54) is 30.5 Å². The van der Waals surface area contributed by atoms with Gasteiger partial charge in [-0.1, -0.05) is 0 Å². The van der Waals surface area contributed by atoms with E-state index in [0.29, 0.717) is 41.5 Å². The van der Waals surface area contributed by atoms with Crippen molar-refractivity contribution in [1.29, 1.82) is 0 Å². The van der Waals surface area contributed by atoms with Gasteiger partial charge in [-0.15, -0.1) is 11.8 Å². The van der Waals surface area contributed by atoms with E-state index >= 15 is 13.2 Å². The highest BCUT2D eigenvalue weighted by Gasteiger charge is 2.34. The van der Waals surface area contributed by atoms with Gasteiger partial charge >= 0.3 is 17.9 Å². The number of carbonyl (C=O) groups is 6. The van der Waals surface area contributed by atoms with Gasteiger partial charge in [-0.05, 0) is 69.0 Å². The molecule has 0 saturated heterocycles. The number of nitrogens with one attached hydrogen (secondary N) is 5. The molecule has 0 radical (unpaired) electrons. The quantitative estimate of drug-likeness (QED) is 0.0146. The molecule has 3 amide bonds. The number of carbonyl (C=O) groups excluding carboxylic acids is 3. The Morgan fingerprint density at radius 3 is 2.20 bits per heavy atom. The standard InChI is InChI=1S/C48H39F5N8O13S/c1-19-57-43-41(45(67)58-19)59-22(17-56-43)16-55-21-7-5-20(6-8-21)44(66)61-28(47(70)71)9-10-33(64)60-27(46(68)69)4-2-3-11-54-34(65)18-75-42-39(52)36(37(48(72)73)38(51)40(42)53)35-23-12-25(49)29(62)14-31(23)74-32-15-30(63)26(50)13-24(32)35/h5-8,12-15,17,27-28,55,62H,2-4,9-11,16,18H2,1H3,(H,54,65)(H,60,64)(H,61,66)(H,68,69)(H,70,71)(H,72,73)(H,56,57,58,67). The number of benzene rings is 4. The predicted molar refractivity (Wildman–Crippen MR) is 255 cm³/mol. The van der Waals surface area contributed by atoms with Gasteiger partial charge in [0.25, 0.3) is 11.5 Å². The molecule has 3 aromatic carbocycles. The molecular weight excluding hydrogens is 1020 g/mol. The summed E-state index contributed by atoms with van der Waals surface area (Å²) >= 11 is 0.0825. The van der Waals surface area contributed by atoms with Gasteiger partial charge in [-0.2, -0.15) is 0 Å². The maximum atomic E-state index is 16.5. The zero-order valence-electron chi connectivity index (χ0n) is 38.6. The van der Waals surface area contributed by atoms with Gasteiger partial charge in [0, 0.05) is 58.4 Å². The number of hydrogen-bond donors (Lipinski definition) is 9. The second-order valence-corrected chi connectivity index (χ2v) is 17.5. The summed E-state index contributed by atoms with van der Waals surface area (Å²) in [5, 5.41) is 48.9. The van der Waals surface area contributed by atoms with Crippen molar-refractivity contribution in [1.82, 2.24) is 35.9 Å². The molecular formula is C48H39F5N8O13S. The Hall–Kier alpha value is -9.01. The van der Waals surface area contributed by atoms with Crippen LogP contribution in [0.2, 0.25) is 0 Å². The molecule has 3 heterocycles. The molecule has 0 spiro atoms. The van der Waals surface area contributed by atoms with Crippen LogP contribution in [0, 0.1) is 36.0 Å². The number of anilines is 1. The van der Waals surface area contributed by atoms with Crippen molar-refractivity contribution in [3.05, 3.63) is 127 Å². The molecule has 2 aliphatic rings. The van der Waals surface area contributed by atoms with Crippen LogP contribution in [-0.4, -0.2) is 100 Å². The molecule has 21 nitrogen and oxygen atoms in total. The molecule has 5 aromatic rings. The normalized spacial score (nSPS) is 12.1. The van der Waals surface area contributed by atoms with Gasteiger partial charge in [0.05, 0.1) is 29.1 Å². The summed E-state index contributed by atoms with van der Waals surface area (Å²) in [6.07, 6.45) is 0.471. The molecule has 0 saturated carbocycles. The highest BCUT2D eigenvalue weighted by Crippen LogP contribution is 2.46. The summed E-state index contributed by atoms with van der Waals surface area (Å²) in [4.78, 5) is 113. The van der Waals surface area contributed by atoms with Crippen molar-refractivity contribution in [2.75, 3.05) is 17.6 Å². The molecule has 0 fully saturated rings. The molecule has 1 aliphatic carbocycles. The minimum absolute atomic E-state index is 0.0588. The van der Waals surface area contributed by atoms with Crippen LogP contribution in [0.3, 0.4) is 0 Å².